The van der Waals surface area contributed by atoms with Crippen molar-refractivity contribution in [3.8, 4) is 0 Å². The third-order valence-electron chi connectivity index (χ3n) is 5.78. The van der Waals surface area contributed by atoms with Crippen molar-refractivity contribution in [2.24, 2.45) is 23.7 Å². The molecule has 2 fully saturated rings. The van der Waals surface area contributed by atoms with Crippen LogP contribution in [-0.2, 0) is 14.4 Å². The predicted octanol–water partition coefficient (Wildman–Crippen LogP) is 2.22. The number of amides is 2. The van der Waals surface area contributed by atoms with Crippen LogP contribution in [-0.4, -0.2) is 35.5 Å². The van der Waals surface area contributed by atoms with E-state index in [1.807, 2.05) is 12.2 Å². The van der Waals surface area contributed by atoms with E-state index in [1.165, 1.54) is 23.1 Å². The van der Waals surface area contributed by atoms with Crippen molar-refractivity contribution in [1.82, 2.24) is 5.32 Å². The minimum Gasteiger partial charge on any atom is -0.481 e. The summed E-state index contributed by atoms with van der Waals surface area (Å²) in [5, 5.41) is 12.1. The van der Waals surface area contributed by atoms with E-state index >= 15 is 0 Å². The Morgan fingerprint density at radius 3 is 2.59 bits per heavy atom. The Morgan fingerprint density at radius 2 is 1.93 bits per heavy atom. The molecule has 27 heavy (non-hydrogen) atoms. The number of carboxylic acids is 1. The van der Waals surface area contributed by atoms with Gasteiger partial charge in [0.2, 0.25) is 11.8 Å². The molecule has 2 amide bonds. The lowest BCUT2D eigenvalue weighted by molar-refractivity contribution is -0.148. The van der Waals surface area contributed by atoms with Crippen LogP contribution in [0.5, 0.6) is 0 Å². The zero-order chi connectivity index (χ0) is 19.3. The summed E-state index contributed by atoms with van der Waals surface area (Å²) in [6.07, 6.45) is 4.83. The maximum Gasteiger partial charge on any atom is 0.307 e. The minimum absolute atomic E-state index is 0.0779. The van der Waals surface area contributed by atoms with Crippen molar-refractivity contribution in [1.29, 1.82) is 0 Å². The molecule has 2 aliphatic carbocycles. The Morgan fingerprint density at radius 1 is 1.22 bits per heavy atom. The van der Waals surface area contributed by atoms with Crippen LogP contribution < -0.4 is 10.2 Å². The molecule has 1 heterocycles. The third kappa shape index (κ3) is 3.00. The van der Waals surface area contributed by atoms with E-state index in [9.17, 15) is 23.9 Å². The second-order valence-electron chi connectivity index (χ2n) is 7.28. The van der Waals surface area contributed by atoms with Gasteiger partial charge in [0.05, 0.1) is 16.9 Å². The van der Waals surface area contributed by atoms with Crippen LogP contribution in [0.2, 0.25) is 5.02 Å². The number of fused-ring (bicyclic) bond motifs is 2. The molecule has 1 aliphatic heterocycles. The number of nitrogens with zero attached hydrogens (tertiary/aromatic N) is 1. The molecule has 142 valence electrons. The molecule has 1 saturated heterocycles. The van der Waals surface area contributed by atoms with Gasteiger partial charge < -0.3 is 15.3 Å². The lowest BCUT2D eigenvalue weighted by Gasteiger charge is -2.25. The zero-order valence-corrected chi connectivity index (χ0v) is 15.0. The van der Waals surface area contributed by atoms with Gasteiger partial charge in [0.15, 0.2) is 0 Å². The fourth-order valence-electron chi connectivity index (χ4n) is 4.51. The van der Waals surface area contributed by atoms with Gasteiger partial charge in [-0.15, -0.1) is 0 Å². The van der Waals surface area contributed by atoms with E-state index in [1.54, 1.807) is 0 Å². The van der Waals surface area contributed by atoms with Crippen LogP contribution in [0.4, 0.5) is 10.1 Å². The molecule has 4 rings (SSSR count). The molecule has 5 unspecified atom stereocenters. The summed E-state index contributed by atoms with van der Waals surface area (Å²) in [5.41, 5.74) is 0.467. The van der Waals surface area contributed by atoms with Gasteiger partial charge in [-0.05, 0) is 42.9 Å². The van der Waals surface area contributed by atoms with Crippen LogP contribution in [0.3, 0.4) is 0 Å². The number of rotatable bonds is 4. The summed E-state index contributed by atoms with van der Waals surface area (Å²) in [6.45, 7) is 0.366. The number of halogens is 2. The Hall–Kier alpha value is -2.41. The van der Waals surface area contributed by atoms with Crippen LogP contribution in [0, 0.1) is 29.5 Å². The van der Waals surface area contributed by atoms with Gasteiger partial charge in [-0.2, -0.15) is 0 Å². The molecule has 6 nitrogen and oxygen atoms in total. The highest BCUT2D eigenvalue weighted by molar-refractivity contribution is 6.31. The van der Waals surface area contributed by atoms with Crippen molar-refractivity contribution in [3.05, 3.63) is 41.2 Å². The van der Waals surface area contributed by atoms with E-state index in [-0.39, 0.29) is 22.8 Å². The number of anilines is 1. The number of carboxylic acid groups (broad SMARTS) is 1. The maximum absolute atomic E-state index is 13.3. The molecular weight excluding hydrogens is 375 g/mol. The van der Waals surface area contributed by atoms with E-state index in [0.29, 0.717) is 25.1 Å². The van der Waals surface area contributed by atoms with E-state index < -0.39 is 35.6 Å². The number of hydrogen-bond acceptors (Lipinski definition) is 3. The standard InChI is InChI=1S/C19H18ClFN2O4/c20-12-8-11(3-4-13(12)21)23-6-5-14(18(23)25)22-17(24)15-9-1-2-10(7-9)16(15)19(26)27/h1-4,8-10,14-16H,5-7H2,(H,22,24)(H,26,27). The molecule has 3 aliphatic rings. The fourth-order valence-corrected chi connectivity index (χ4v) is 4.68. The minimum atomic E-state index is -0.979. The van der Waals surface area contributed by atoms with Crippen molar-refractivity contribution >= 4 is 35.1 Å². The van der Waals surface area contributed by atoms with Crippen molar-refractivity contribution < 1.29 is 23.9 Å². The van der Waals surface area contributed by atoms with Crippen molar-refractivity contribution in [3.63, 3.8) is 0 Å². The molecule has 1 aromatic carbocycles. The van der Waals surface area contributed by atoms with Gasteiger partial charge in [-0.25, -0.2) is 4.39 Å². The molecular formula is C19H18ClFN2O4. The summed E-state index contributed by atoms with van der Waals surface area (Å²) >= 11 is 5.78. The molecule has 2 N–H and O–H groups in total. The van der Waals surface area contributed by atoms with Crippen molar-refractivity contribution in [2.75, 3.05) is 11.4 Å². The topological polar surface area (TPSA) is 86.7 Å². The molecule has 0 radical (unpaired) electrons. The number of carbonyl (C=O) groups excluding carboxylic acids is 2. The largest absolute Gasteiger partial charge is 0.481 e. The van der Waals surface area contributed by atoms with Gasteiger partial charge in [0.25, 0.3) is 0 Å². The first-order valence-corrected chi connectivity index (χ1v) is 9.22. The van der Waals surface area contributed by atoms with E-state index in [4.69, 9.17) is 11.6 Å². The SMILES string of the molecule is O=C(O)C1C2C=CC(C2)C1C(=O)NC1CCN(c2ccc(F)c(Cl)c2)C1=O. The molecule has 1 saturated carbocycles. The van der Waals surface area contributed by atoms with E-state index in [2.05, 4.69) is 5.32 Å². The summed E-state index contributed by atoms with van der Waals surface area (Å²) < 4.78 is 13.3. The van der Waals surface area contributed by atoms with Gasteiger partial charge in [-0.1, -0.05) is 23.8 Å². The fraction of sp³-hybridized carbons (Fsp3) is 0.421. The highest BCUT2D eigenvalue weighted by Crippen LogP contribution is 2.48. The Balaban J connectivity index is 1.46. The van der Waals surface area contributed by atoms with Crippen molar-refractivity contribution in [2.45, 2.75) is 18.9 Å². The monoisotopic (exact) mass is 392 g/mol. The lowest BCUT2D eigenvalue weighted by atomic mass is 9.82. The lowest BCUT2D eigenvalue weighted by Crippen LogP contribution is -2.47. The summed E-state index contributed by atoms with van der Waals surface area (Å²) in [4.78, 5) is 38.4. The highest BCUT2D eigenvalue weighted by Gasteiger charge is 2.52. The summed E-state index contributed by atoms with van der Waals surface area (Å²) in [6, 6.07) is 3.31. The molecule has 1 aromatic rings. The average molecular weight is 393 g/mol. The second kappa shape index (κ2) is 6.64. The number of benzene rings is 1. The molecule has 8 heteroatoms. The quantitative estimate of drug-likeness (QED) is 0.769. The number of aliphatic carboxylic acids is 1. The normalized spacial score (nSPS) is 31.6. The molecule has 2 bridgehead atoms. The second-order valence-corrected chi connectivity index (χ2v) is 7.68. The van der Waals surface area contributed by atoms with Gasteiger partial charge >= 0.3 is 5.97 Å². The third-order valence-corrected chi connectivity index (χ3v) is 6.07. The first-order chi connectivity index (χ1) is 12.9. The Kier molecular flexibility index (Phi) is 4.42. The molecule has 0 aromatic heterocycles. The van der Waals surface area contributed by atoms with Crippen LogP contribution in [0.25, 0.3) is 0 Å². The Bertz CT molecular complexity index is 858. The zero-order valence-electron chi connectivity index (χ0n) is 14.3. The smallest absolute Gasteiger partial charge is 0.307 e. The number of nitrogens with one attached hydrogen (secondary N) is 1. The molecule has 0 spiro atoms. The highest BCUT2D eigenvalue weighted by atomic mass is 35.5. The average Bonchev–Trinajstić information content (AvgIpc) is 3.32. The summed E-state index contributed by atoms with van der Waals surface area (Å²) in [5.74, 6) is -3.87. The Labute approximate surface area is 160 Å². The maximum atomic E-state index is 13.3. The first kappa shape index (κ1) is 18.0. The number of carbonyl (C=O) groups is 3. The van der Waals surface area contributed by atoms with Crippen LogP contribution in [0.15, 0.2) is 30.4 Å². The summed E-state index contributed by atoms with van der Waals surface area (Å²) in [7, 11) is 0. The van der Waals surface area contributed by atoms with Gasteiger partial charge in [-0.3, -0.25) is 14.4 Å². The van der Waals surface area contributed by atoms with Gasteiger partial charge in [0, 0.05) is 12.2 Å². The first-order valence-electron chi connectivity index (χ1n) is 8.84. The van der Waals surface area contributed by atoms with Gasteiger partial charge in [0.1, 0.15) is 11.9 Å². The predicted molar refractivity (Wildman–Crippen MR) is 95.7 cm³/mol. The number of hydrogen-bond donors (Lipinski definition) is 2. The van der Waals surface area contributed by atoms with E-state index in [0.717, 1.165) is 0 Å². The van der Waals surface area contributed by atoms with Crippen LogP contribution in [0.1, 0.15) is 12.8 Å². The molecule has 5 atom stereocenters. The van der Waals surface area contributed by atoms with Crippen LogP contribution >= 0.6 is 11.6 Å². The number of allylic oxidation sites excluding steroid dienone is 2.